The summed E-state index contributed by atoms with van der Waals surface area (Å²) in [5.41, 5.74) is 0. The van der Waals surface area contributed by atoms with Crippen LogP contribution in [0.1, 0.15) is 49.8 Å². The van der Waals surface area contributed by atoms with Crippen molar-refractivity contribution in [2.24, 2.45) is 5.92 Å². The Hall–Kier alpha value is -1.43. The monoisotopic (exact) mass is 321 g/mol. The van der Waals surface area contributed by atoms with Gasteiger partial charge in [-0.3, -0.25) is 9.59 Å². The Kier molecular flexibility index (Phi) is 4.76. The highest BCUT2D eigenvalue weighted by Crippen LogP contribution is 2.32. The first kappa shape index (κ1) is 15.5. The molecule has 0 atom stereocenters. The van der Waals surface area contributed by atoms with E-state index in [4.69, 9.17) is 0 Å². The number of carbonyl (C=O) groups excluding carboxylic acids is 2. The molecule has 5 nitrogen and oxygen atoms in total. The third-order valence-corrected chi connectivity index (χ3v) is 5.23. The first-order valence-corrected chi connectivity index (χ1v) is 8.98. The second-order valence-electron chi connectivity index (χ2n) is 6.36. The van der Waals surface area contributed by atoms with Gasteiger partial charge in [0.15, 0.2) is 5.13 Å². The first-order chi connectivity index (χ1) is 10.6. The molecular weight excluding hydrogens is 298 g/mol. The average molecular weight is 321 g/mol. The molecule has 0 aliphatic heterocycles. The highest BCUT2D eigenvalue weighted by molar-refractivity contribution is 7.15. The number of hydrogen-bond donors (Lipinski definition) is 1. The topological polar surface area (TPSA) is 62.3 Å². The van der Waals surface area contributed by atoms with E-state index in [9.17, 15) is 9.59 Å². The molecule has 2 amide bonds. The van der Waals surface area contributed by atoms with Crippen molar-refractivity contribution in [2.45, 2.75) is 57.9 Å². The van der Waals surface area contributed by atoms with Gasteiger partial charge >= 0.3 is 0 Å². The Morgan fingerprint density at radius 1 is 1.27 bits per heavy atom. The molecule has 2 fully saturated rings. The van der Waals surface area contributed by atoms with Crippen molar-refractivity contribution >= 4 is 28.3 Å². The fraction of sp³-hybridized carbons (Fsp3) is 0.688. The zero-order valence-electron chi connectivity index (χ0n) is 13.0. The molecule has 2 aliphatic carbocycles. The van der Waals surface area contributed by atoms with Crippen molar-refractivity contribution in [2.75, 3.05) is 11.9 Å². The van der Waals surface area contributed by atoms with Gasteiger partial charge in [0.05, 0.1) is 0 Å². The smallest absolute Gasteiger partial charge is 0.245 e. The van der Waals surface area contributed by atoms with E-state index in [-0.39, 0.29) is 30.3 Å². The van der Waals surface area contributed by atoms with E-state index in [0.717, 1.165) is 43.4 Å². The van der Waals surface area contributed by atoms with Crippen LogP contribution in [0.5, 0.6) is 0 Å². The summed E-state index contributed by atoms with van der Waals surface area (Å²) < 4.78 is 0. The third-order valence-electron chi connectivity index (χ3n) is 4.41. The highest BCUT2D eigenvalue weighted by atomic mass is 32.1. The van der Waals surface area contributed by atoms with Crippen molar-refractivity contribution in [1.29, 1.82) is 0 Å². The number of aryl methyl sites for hydroxylation is 1. The second kappa shape index (κ2) is 6.77. The van der Waals surface area contributed by atoms with Crippen molar-refractivity contribution in [1.82, 2.24) is 9.88 Å². The molecule has 3 rings (SSSR count). The van der Waals surface area contributed by atoms with Gasteiger partial charge in [0.2, 0.25) is 11.8 Å². The predicted octanol–water partition coefficient (Wildman–Crippen LogP) is 2.96. The second-order valence-corrected chi connectivity index (χ2v) is 7.59. The van der Waals surface area contributed by atoms with Gasteiger partial charge in [0.25, 0.3) is 0 Å². The van der Waals surface area contributed by atoms with Crippen LogP contribution in [0.25, 0.3) is 0 Å². The van der Waals surface area contributed by atoms with E-state index >= 15 is 0 Å². The van der Waals surface area contributed by atoms with Crippen LogP contribution in [0.15, 0.2) is 6.20 Å². The third kappa shape index (κ3) is 3.85. The number of amides is 2. The zero-order valence-corrected chi connectivity index (χ0v) is 13.8. The molecule has 0 bridgehead atoms. The van der Waals surface area contributed by atoms with E-state index < -0.39 is 0 Å². The number of anilines is 1. The molecule has 120 valence electrons. The lowest BCUT2D eigenvalue weighted by Gasteiger charge is -2.28. The Morgan fingerprint density at radius 2 is 2.00 bits per heavy atom. The lowest BCUT2D eigenvalue weighted by molar-refractivity contribution is -0.139. The largest absolute Gasteiger partial charge is 0.330 e. The molecule has 0 unspecified atom stereocenters. The summed E-state index contributed by atoms with van der Waals surface area (Å²) in [7, 11) is 0. The Morgan fingerprint density at radius 3 is 2.59 bits per heavy atom. The van der Waals surface area contributed by atoms with E-state index in [1.807, 2.05) is 11.8 Å². The van der Waals surface area contributed by atoms with Crippen LogP contribution < -0.4 is 5.32 Å². The lowest BCUT2D eigenvalue weighted by Crippen LogP contribution is -2.43. The Balaban J connectivity index is 1.59. The quantitative estimate of drug-likeness (QED) is 0.907. The maximum absolute atomic E-state index is 12.7. The molecule has 0 spiro atoms. The molecule has 1 N–H and O–H groups in total. The summed E-state index contributed by atoms with van der Waals surface area (Å²) in [6.45, 7) is 2.12. The van der Waals surface area contributed by atoms with Crippen molar-refractivity contribution in [3.05, 3.63) is 11.1 Å². The minimum atomic E-state index is -0.134. The molecule has 22 heavy (non-hydrogen) atoms. The molecule has 1 aromatic heterocycles. The van der Waals surface area contributed by atoms with E-state index in [1.165, 1.54) is 17.8 Å². The van der Waals surface area contributed by atoms with Crippen LogP contribution in [-0.2, 0) is 9.59 Å². The van der Waals surface area contributed by atoms with Crippen molar-refractivity contribution in [3.8, 4) is 0 Å². The van der Waals surface area contributed by atoms with Crippen LogP contribution in [0, 0.1) is 12.8 Å². The maximum Gasteiger partial charge on any atom is 0.245 e. The summed E-state index contributed by atoms with van der Waals surface area (Å²) in [5, 5.41) is 3.42. The zero-order chi connectivity index (χ0) is 15.5. The van der Waals surface area contributed by atoms with E-state index in [2.05, 4.69) is 10.3 Å². The summed E-state index contributed by atoms with van der Waals surface area (Å²) in [6, 6.07) is 0.276. The highest BCUT2D eigenvalue weighted by Gasteiger charge is 2.37. The minimum absolute atomic E-state index is 0.129. The Bertz CT molecular complexity index is 547. The number of thiazole rings is 1. The van der Waals surface area contributed by atoms with Gasteiger partial charge in [-0.2, -0.15) is 0 Å². The average Bonchev–Trinajstić information content (AvgIpc) is 3.28. The van der Waals surface area contributed by atoms with Crippen LogP contribution in [-0.4, -0.2) is 34.3 Å². The fourth-order valence-electron chi connectivity index (χ4n) is 3.08. The van der Waals surface area contributed by atoms with Crippen molar-refractivity contribution < 1.29 is 9.59 Å². The van der Waals surface area contributed by atoms with E-state index in [1.54, 1.807) is 6.20 Å². The predicted molar refractivity (Wildman–Crippen MR) is 86.8 cm³/mol. The van der Waals surface area contributed by atoms with Gasteiger partial charge < -0.3 is 10.2 Å². The van der Waals surface area contributed by atoms with Crippen LogP contribution in [0.2, 0.25) is 0 Å². The molecular formula is C16H23N3O2S. The van der Waals surface area contributed by atoms with Gasteiger partial charge in [-0.05, 0) is 32.6 Å². The Labute approximate surface area is 135 Å². The van der Waals surface area contributed by atoms with Gasteiger partial charge in [-0.1, -0.05) is 19.3 Å². The number of rotatable bonds is 5. The molecule has 0 radical (unpaired) electrons. The van der Waals surface area contributed by atoms with Crippen LogP contribution in [0.3, 0.4) is 0 Å². The first-order valence-electron chi connectivity index (χ1n) is 8.16. The molecule has 0 saturated heterocycles. The molecule has 1 aromatic rings. The SMILES string of the molecule is Cc1cnc(NC(=O)CN(C(=O)C2CCCCC2)C2CC2)s1. The maximum atomic E-state index is 12.7. The molecule has 6 heteroatoms. The number of carbonyl (C=O) groups is 2. The molecule has 2 saturated carbocycles. The van der Waals surface area contributed by atoms with Gasteiger partial charge in [0.1, 0.15) is 6.54 Å². The molecule has 2 aliphatic rings. The lowest BCUT2D eigenvalue weighted by atomic mass is 9.88. The number of nitrogens with one attached hydrogen (secondary N) is 1. The standard InChI is InChI=1S/C16H23N3O2S/c1-11-9-17-16(22-11)18-14(20)10-19(13-7-8-13)15(21)12-5-3-2-4-6-12/h9,12-13H,2-8,10H2,1H3,(H,17,18,20). The normalized spacial score (nSPS) is 19.0. The van der Waals surface area contributed by atoms with Gasteiger partial charge in [-0.15, -0.1) is 11.3 Å². The minimum Gasteiger partial charge on any atom is -0.330 e. The van der Waals surface area contributed by atoms with Crippen molar-refractivity contribution in [3.63, 3.8) is 0 Å². The van der Waals surface area contributed by atoms with Crippen LogP contribution >= 0.6 is 11.3 Å². The summed E-state index contributed by atoms with van der Waals surface area (Å²) in [5.74, 6) is 0.183. The van der Waals surface area contributed by atoms with Gasteiger partial charge in [-0.25, -0.2) is 4.98 Å². The summed E-state index contributed by atoms with van der Waals surface area (Å²) >= 11 is 1.46. The summed E-state index contributed by atoms with van der Waals surface area (Å²) in [4.78, 5) is 31.9. The van der Waals surface area contributed by atoms with E-state index in [0.29, 0.717) is 5.13 Å². The fourth-order valence-corrected chi connectivity index (χ4v) is 3.76. The number of hydrogen-bond acceptors (Lipinski definition) is 4. The summed E-state index contributed by atoms with van der Waals surface area (Å²) in [6.07, 6.45) is 9.27. The van der Waals surface area contributed by atoms with Gasteiger partial charge in [0, 0.05) is 23.0 Å². The number of aromatic nitrogens is 1. The molecule has 1 heterocycles. The van der Waals surface area contributed by atoms with Crippen LogP contribution in [0.4, 0.5) is 5.13 Å². The number of nitrogens with zero attached hydrogens (tertiary/aromatic N) is 2. The molecule has 0 aromatic carbocycles.